The molecule has 0 saturated heterocycles. The van der Waals surface area contributed by atoms with E-state index in [2.05, 4.69) is 10.6 Å². The maximum Gasteiger partial charge on any atom is 0.251 e. The topological polar surface area (TPSA) is 296 Å². The number of unbranched alkanes of at least 4 members (excludes halogenated alkanes) is 1. The summed E-state index contributed by atoms with van der Waals surface area (Å²) in [5.41, 5.74) is 0. The zero-order chi connectivity index (χ0) is 30.8. The van der Waals surface area contributed by atoms with Crippen molar-refractivity contribution in [3.63, 3.8) is 0 Å². The van der Waals surface area contributed by atoms with Gasteiger partial charge >= 0.3 is 0 Å². The number of carbonyl (C=O) groups excluding carboxylic acids is 1. The van der Waals surface area contributed by atoms with Crippen molar-refractivity contribution in [3.8, 4) is 0 Å². The lowest BCUT2D eigenvalue weighted by Crippen LogP contribution is -2.55. The second-order valence-corrected chi connectivity index (χ2v) is 9.52. The van der Waals surface area contributed by atoms with Crippen LogP contribution in [0.1, 0.15) is 26.2 Å². The van der Waals surface area contributed by atoms with E-state index in [4.69, 9.17) is 14.9 Å². The molecule has 0 bridgehead atoms. The number of rotatable bonds is 24. The summed E-state index contributed by atoms with van der Waals surface area (Å²) >= 11 is 0. The number of nitrogens with one attached hydrogen (secondary N) is 2. The maximum atomic E-state index is 11.9. The lowest BCUT2D eigenvalue weighted by molar-refractivity contribution is -0.149. The Balaban J connectivity index is 4.84. The van der Waals surface area contributed by atoms with Crippen LogP contribution in [0.15, 0.2) is 0 Å². The van der Waals surface area contributed by atoms with Crippen LogP contribution in [0.5, 0.6) is 0 Å². The molecule has 14 N–H and O–H groups in total. The Morgan fingerprint density at radius 2 is 1.35 bits per heavy atom. The predicted molar refractivity (Wildman–Crippen MR) is 137 cm³/mol. The first-order valence-corrected chi connectivity index (χ1v) is 13.2. The lowest BCUT2D eigenvalue weighted by atomic mass is 9.94. The Kier molecular flexibility index (Phi) is 20.9. The fourth-order valence-corrected chi connectivity index (χ4v) is 3.53. The summed E-state index contributed by atoms with van der Waals surface area (Å²) < 4.78 is 5.35. The van der Waals surface area contributed by atoms with Gasteiger partial charge in [0, 0.05) is 38.8 Å². The van der Waals surface area contributed by atoms with Gasteiger partial charge < -0.3 is 76.7 Å². The molecule has 0 aliphatic carbocycles. The van der Waals surface area contributed by atoms with Crippen molar-refractivity contribution in [2.45, 2.75) is 87.2 Å². The van der Waals surface area contributed by atoms with E-state index in [1.54, 1.807) is 0 Å². The quantitative estimate of drug-likeness (QED) is 0.0366. The molecular formula is C23H49N3O14. The fourth-order valence-electron chi connectivity index (χ4n) is 3.53. The van der Waals surface area contributed by atoms with Gasteiger partial charge in [-0.05, 0) is 12.8 Å². The second-order valence-electron chi connectivity index (χ2n) is 9.52. The molecular weight excluding hydrogens is 542 g/mol. The third-order valence-electron chi connectivity index (χ3n) is 6.14. The van der Waals surface area contributed by atoms with Crippen molar-refractivity contribution < 1.29 is 70.9 Å². The van der Waals surface area contributed by atoms with Gasteiger partial charge in [0.2, 0.25) is 0 Å². The van der Waals surface area contributed by atoms with Crippen LogP contribution < -0.4 is 10.6 Å². The molecule has 0 aliphatic heterocycles. The summed E-state index contributed by atoms with van der Waals surface area (Å²) in [6.45, 7) is 0.00160. The normalized spacial score (nSPS) is 19.8. The molecule has 0 heterocycles. The predicted octanol–water partition coefficient (Wildman–Crippen LogP) is -6.81. The number of hydrogen-bond acceptors (Lipinski definition) is 16. The van der Waals surface area contributed by atoms with Crippen LogP contribution in [0, 0.1) is 0 Å². The molecule has 0 saturated carbocycles. The molecule has 17 heteroatoms. The van der Waals surface area contributed by atoms with Gasteiger partial charge in [0.15, 0.2) is 6.10 Å². The third-order valence-corrected chi connectivity index (χ3v) is 6.14. The minimum Gasteiger partial charge on any atom is -0.394 e. The summed E-state index contributed by atoms with van der Waals surface area (Å²) in [4.78, 5) is 11.9. The first-order chi connectivity index (χ1) is 18.8. The molecule has 0 fully saturated rings. The first-order valence-electron chi connectivity index (χ1n) is 13.2. The standard InChI is InChI=1S/C23H49N3O14/c1-2-3-8-40-12-13(29)9-14(17(32)20(35)18(33)15(30)10-27)24-4-6-26(39)7-5-25-23(38)22(37)21(36)19(34)16(31)11-28/h13-22,24,27-37,39H,2-12H2,1H3,(H,25,38). The first kappa shape index (κ1) is 38.9. The van der Waals surface area contributed by atoms with Crippen LogP contribution in [-0.2, 0) is 9.53 Å². The highest BCUT2D eigenvalue weighted by molar-refractivity contribution is 5.81. The van der Waals surface area contributed by atoms with Crippen LogP contribution in [0.4, 0.5) is 0 Å². The largest absolute Gasteiger partial charge is 0.394 e. The molecule has 0 rings (SSSR count). The monoisotopic (exact) mass is 591 g/mol. The van der Waals surface area contributed by atoms with Crippen molar-refractivity contribution in [1.82, 2.24) is 15.7 Å². The molecule has 40 heavy (non-hydrogen) atoms. The zero-order valence-corrected chi connectivity index (χ0v) is 22.7. The highest BCUT2D eigenvalue weighted by Crippen LogP contribution is 2.13. The number of ether oxygens (including phenoxy) is 1. The van der Waals surface area contributed by atoms with Gasteiger partial charge in [-0.25, -0.2) is 0 Å². The van der Waals surface area contributed by atoms with E-state index in [-0.39, 0.29) is 39.2 Å². The number of nitrogens with zero attached hydrogens (tertiary/aromatic N) is 1. The Bertz CT molecular complexity index is 654. The number of amides is 1. The minimum absolute atomic E-state index is 0.0342. The lowest BCUT2D eigenvalue weighted by Gasteiger charge is -2.33. The van der Waals surface area contributed by atoms with Crippen molar-refractivity contribution in [1.29, 1.82) is 0 Å². The zero-order valence-electron chi connectivity index (χ0n) is 22.7. The SMILES string of the molecule is CCCCOCC(O)CC(NCCN(O)CCNC(=O)C(O)C(O)C(O)C(O)CO)C(O)C(O)C(O)C(O)CO. The second kappa shape index (κ2) is 21.6. The average Bonchev–Trinajstić information content (AvgIpc) is 2.95. The summed E-state index contributed by atoms with van der Waals surface area (Å²) in [5.74, 6) is -1.11. The molecule has 10 unspecified atom stereocenters. The summed E-state index contributed by atoms with van der Waals surface area (Å²) in [6.07, 6.45) is -14.7. The van der Waals surface area contributed by atoms with Crippen LogP contribution in [0.2, 0.25) is 0 Å². The minimum atomic E-state index is -2.13. The van der Waals surface area contributed by atoms with E-state index in [9.17, 15) is 56.0 Å². The van der Waals surface area contributed by atoms with E-state index < -0.39 is 80.1 Å². The molecule has 1 amide bonds. The van der Waals surface area contributed by atoms with Gasteiger partial charge in [-0.15, -0.1) is 0 Å². The van der Waals surface area contributed by atoms with Crippen LogP contribution in [0.25, 0.3) is 0 Å². The van der Waals surface area contributed by atoms with Gasteiger partial charge in [0.25, 0.3) is 5.91 Å². The van der Waals surface area contributed by atoms with Crippen LogP contribution >= 0.6 is 0 Å². The molecule has 10 atom stereocenters. The highest BCUT2D eigenvalue weighted by Gasteiger charge is 2.36. The highest BCUT2D eigenvalue weighted by atomic mass is 16.5. The molecule has 240 valence electrons. The Morgan fingerprint density at radius 1 is 0.800 bits per heavy atom. The third kappa shape index (κ3) is 14.7. The van der Waals surface area contributed by atoms with Gasteiger partial charge in [-0.2, -0.15) is 5.06 Å². The van der Waals surface area contributed by atoms with Gasteiger partial charge in [0.05, 0.1) is 32.0 Å². The fraction of sp³-hybridized carbons (Fsp3) is 0.957. The number of hydroxylamine groups is 2. The van der Waals surface area contributed by atoms with E-state index in [1.807, 2.05) is 6.92 Å². The number of hydrogen-bond donors (Lipinski definition) is 14. The number of aliphatic hydroxyl groups is 11. The van der Waals surface area contributed by atoms with Gasteiger partial charge in [-0.1, -0.05) is 13.3 Å². The Labute approximate surface area is 232 Å². The number of carbonyl (C=O) groups is 1. The summed E-state index contributed by atoms with van der Waals surface area (Å²) in [6, 6.07) is -1.05. The maximum absolute atomic E-state index is 11.9. The number of aliphatic hydroxyl groups excluding tert-OH is 11. The van der Waals surface area contributed by atoms with Gasteiger partial charge in [0.1, 0.15) is 36.6 Å². The average molecular weight is 592 g/mol. The van der Waals surface area contributed by atoms with Crippen molar-refractivity contribution >= 4 is 5.91 Å². The summed E-state index contributed by atoms with van der Waals surface area (Å²) in [7, 11) is 0. The molecule has 0 radical (unpaired) electrons. The van der Waals surface area contributed by atoms with Crippen LogP contribution in [0.3, 0.4) is 0 Å². The van der Waals surface area contributed by atoms with Crippen molar-refractivity contribution in [2.75, 3.05) is 52.6 Å². The van der Waals surface area contributed by atoms with E-state index in [1.165, 1.54) is 0 Å². The summed E-state index contributed by atoms with van der Waals surface area (Å²) in [5, 5.41) is 123. The molecule has 0 aromatic carbocycles. The van der Waals surface area contributed by atoms with E-state index in [0.717, 1.165) is 17.9 Å². The molecule has 0 aliphatic rings. The van der Waals surface area contributed by atoms with Crippen molar-refractivity contribution in [2.24, 2.45) is 0 Å². The molecule has 17 nitrogen and oxygen atoms in total. The smallest absolute Gasteiger partial charge is 0.251 e. The molecule has 0 aromatic rings. The van der Waals surface area contributed by atoms with E-state index in [0.29, 0.717) is 6.61 Å². The van der Waals surface area contributed by atoms with Crippen molar-refractivity contribution in [3.05, 3.63) is 0 Å². The Morgan fingerprint density at radius 3 is 1.90 bits per heavy atom. The van der Waals surface area contributed by atoms with Crippen LogP contribution in [-0.4, -0.2) is 186 Å². The molecule has 0 aromatic heterocycles. The molecule has 0 spiro atoms. The van der Waals surface area contributed by atoms with E-state index >= 15 is 0 Å². The van der Waals surface area contributed by atoms with Gasteiger partial charge in [-0.3, -0.25) is 4.79 Å². The Hall–Kier alpha value is -1.13.